The molecule has 0 aromatic heterocycles. The molecule has 20 heavy (non-hydrogen) atoms. The number of nitrogen functional groups attached to an aromatic ring is 1. The minimum absolute atomic E-state index is 0.290. The average molecular weight is 322 g/mol. The van der Waals surface area contributed by atoms with E-state index < -0.39 is 6.36 Å². The lowest BCUT2D eigenvalue weighted by molar-refractivity contribution is -0.274. The first-order valence-electron chi connectivity index (χ1n) is 5.36. The molecule has 2 aromatic carbocycles. The van der Waals surface area contributed by atoms with Crippen LogP contribution in [0.5, 0.6) is 5.75 Å². The van der Waals surface area contributed by atoms with Gasteiger partial charge in [0.25, 0.3) is 0 Å². The molecule has 7 heteroatoms. The molecule has 0 heterocycles. The number of hydrogen-bond acceptors (Lipinski definition) is 2. The van der Waals surface area contributed by atoms with E-state index in [1.165, 1.54) is 18.2 Å². The summed E-state index contributed by atoms with van der Waals surface area (Å²) >= 11 is 11.7. The molecule has 0 aliphatic rings. The van der Waals surface area contributed by atoms with Gasteiger partial charge in [-0.1, -0.05) is 23.2 Å². The highest BCUT2D eigenvalue weighted by atomic mass is 35.5. The van der Waals surface area contributed by atoms with E-state index in [0.717, 1.165) is 6.07 Å². The Morgan fingerprint density at radius 3 is 2.10 bits per heavy atom. The van der Waals surface area contributed by atoms with Crippen molar-refractivity contribution in [2.75, 3.05) is 5.73 Å². The Labute approximate surface area is 122 Å². The second-order valence-corrected chi connectivity index (χ2v) is 4.83. The Balaban J connectivity index is 2.47. The van der Waals surface area contributed by atoms with Crippen LogP contribution in [-0.4, -0.2) is 6.36 Å². The van der Waals surface area contributed by atoms with Crippen LogP contribution in [0.25, 0.3) is 11.1 Å². The minimum atomic E-state index is -4.76. The maximum absolute atomic E-state index is 12.2. The van der Waals surface area contributed by atoms with Gasteiger partial charge in [-0.3, -0.25) is 0 Å². The molecule has 2 nitrogen and oxygen atoms in total. The Bertz CT molecular complexity index is 624. The molecular weight excluding hydrogens is 314 g/mol. The van der Waals surface area contributed by atoms with Crippen LogP contribution in [0.2, 0.25) is 10.0 Å². The second-order valence-electron chi connectivity index (χ2n) is 3.95. The standard InChI is InChI=1S/C13H8Cl2F3NO/c14-8-3-7(4-9(15)5-8)11-6-10(1-2-12(11)19)20-13(16,17)18/h1-6H,19H2. The van der Waals surface area contributed by atoms with Crippen LogP contribution in [0.4, 0.5) is 18.9 Å². The molecule has 0 fully saturated rings. The molecule has 0 bridgehead atoms. The maximum Gasteiger partial charge on any atom is 0.573 e. The SMILES string of the molecule is Nc1ccc(OC(F)(F)F)cc1-c1cc(Cl)cc(Cl)c1. The van der Waals surface area contributed by atoms with Gasteiger partial charge in [-0.25, -0.2) is 0 Å². The van der Waals surface area contributed by atoms with Gasteiger partial charge in [0.05, 0.1) is 0 Å². The number of halogens is 5. The van der Waals surface area contributed by atoms with Crippen molar-refractivity contribution in [1.29, 1.82) is 0 Å². The van der Waals surface area contributed by atoms with Gasteiger partial charge in [-0.05, 0) is 42.0 Å². The van der Waals surface area contributed by atoms with E-state index in [1.807, 2.05) is 0 Å². The van der Waals surface area contributed by atoms with Crippen LogP contribution in [0, 0.1) is 0 Å². The first-order valence-corrected chi connectivity index (χ1v) is 6.12. The largest absolute Gasteiger partial charge is 0.573 e. The lowest BCUT2D eigenvalue weighted by atomic mass is 10.0. The highest BCUT2D eigenvalue weighted by Crippen LogP contribution is 2.34. The fourth-order valence-corrected chi connectivity index (χ4v) is 2.22. The van der Waals surface area contributed by atoms with Gasteiger partial charge >= 0.3 is 6.36 Å². The van der Waals surface area contributed by atoms with E-state index in [1.54, 1.807) is 12.1 Å². The molecule has 0 aliphatic heterocycles. The third-order valence-corrected chi connectivity index (χ3v) is 2.87. The monoisotopic (exact) mass is 321 g/mol. The molecule has 0 spiro atoms. The summed E-state index contributed by atoms with van der Waals surface area (Å²) in [7, 11) is 0. The molecule has 0 radical (unpaired) electrons. The summed E-state index contributed by atoms with van der Waals surface area (Å²) in [4.78, 5) is 0. The molecule has 0 atom stereocenters. The first kappa shape index (κ1) is 14.8. The van der Waals surface area contributed by atoms with Gasteiger partial charge in [0.1, 0.15) is 5.75 Å². The molecule has 2 N–H and O–H groups in total. The lowest BCUT2D eigenvalue weighted by Gasteiger charge is -2.12. The minimum Gasteiger partial charge on any atom is -0.406 e. The van der Waals surface area contributed by atoms with Crippen LogP contribution in [0.3, 0.4) is 0 Å². The predicted molar refractivity (Wildman–Crippen MR) is 73.0 cm³/mol. The maximum atomic E-state index is 12.2. The highest BCUT2D eigenvalue weighted by molar-refractivity contribution is 6.35. The molecule has 0 aliphatic carbocycles. The van der Waals surface area contributed by atoms with Crippen LogP contribution >= 0.6 is 23.2 Å². The summed E-state index contributed by atoms with van der Waals surface area (Å²) < 4.78 is 40.5. The van der Waals surface area contributed by atoms with E-state index in [-0.39, 0.29) is 11.4 Å². The molecular formula is C13H8Cl2F3NO. The van der Waals surface area contributed by atoms with E-state index in [2.05, 4.69) is 4.74 Å². The van der Waals surface area contributed by atoms with Crippen molar-refractivity contribution in [2.24, 2.45) is 0 Å². The van der Waals surface area contributed by atoms with Crippen LogP contribution in [-0.2, 0) is 0 Å². The fraction of sp³-hybridized carbons (Fsp3) is 0.0769. The van der Waals surface area contributed by atoms with Crippen molar-refractivity contribution in [3.05, 3.63) is 46.4 Å². The molecule has 0 saturated carbocycles. The Morgan fingerprint density at radius 1 is 0.950 bits per heavy atom. The topological polar surface area (TPSA) is 35.2 Å². The van der Waals surface area contributed by atoms with Crippen molar-refractivity contribution in [1.82, 2.24) is 0 Å². The molecule has 106 valence electrons. The van der Waals surface area contributed by atoms with E-state index in [9.17, 15) is 13.2 Å². The van der Waals surface area contributed by atoms with Gasteiger partial charge < -0.3 is 10.5 Å². The zero-order valence-corrected chi connectivity index (χ0v) is 11.4. The predicted octanol–water partition coefficient (Wildman–Crippen LogP) is 5.14. The third-order valence-electron chi connectivity index (χ3n) is 2.43. The molecule has 0 amide bonds. The summed E-state index contributed by atoms with van der Waals surface area (Å²) in [5, 5.41) is 0.711. The highest BCUT2D eigenvalue weighted by Gasteiger charge is 2.31. The Morgan fingerprint density at radius 2 is 1.55 bits per heavy atom. The number of nitrogens with two attached hydrogens (primary N) is 1. The van der Waals surface area contributed by atoms with Gasteiger partial charge in [0, 0.05) is 21.3 Å². The number of alkyl halides is 3. The summed E-state index contributed by atoms with van der Waals surface area (Å²) in [6, 6.07) is 8.26. The summed E-state index contributed by atoms with van der Waals surface area (Å²) in [5.41, 5.74) is 6.92. The molecule has 2 rings (SSSR count). The molecule has 0 saturated heterocycles. The Kier molecular flexibility index (Phi) is 4.01. The molecule has 0 unspecified atom stereocenters. The summed E-state index contributed by atoms with van der Waals surface area (Å²) in [6.07, 6.45) is -4.76. The van der Waals surface area contributed by atoms with Crippen molar-refractivity contribution in [3.8, 4) is 16.9 Å². The number of ether oxygens (including phenoxy) is 1. The van der Waals surface area contributed by atoms with Crippen molar-refractivity contribution in [3.63, 3.8) is 0 Å². The van der Waals surface area contributed by atoms with Crippen molar-refractivity contribution >= 4 is 28.9 Å². The number of benzene rings is 2. The van der Waals surface area contributed by atoms with E-state index in [4.69, 9.17) is 28.9 Å². The third kappa shape index (κ3) is 3.71. The van der Waals surface area contributed by atoms with Gasteiger partial charge in [0.15, 0.2) is 0 Å². The number of anilines is 1. The fourth-order valence-electron chi connectivity index (χ4n) is 1.69. The van der Waals surface area contributed by atoms with Crippen molar-refractivity contribution in [2.45, 2.75) is 6.36 Å². The smallest absolute Gasteiger partial charge is 0.406 e. The van der Waals surface area contributed by atoms with Gasteiger partial charge in [0.2, 0.25) is 0 Å². The normalized spacial score (nSPS) is 11.4. The summed E-state index contributed by atoms with van der Waals surface area (Å²) in [6.45, 7) is 0. The first-order chi connectivity index (χ1) is 9.24. The zero-order valence-electron chi connectivity index (χ0n) is 9.84. The number of hydrogen-bond donors (Lipinski definition) is 1. The van der Waals surface area contributed by atoms with E-state index in [0.29, 0.717) is 21.2 Å². The zero-order chi connectivity index (χ0) is 14.9. The van der Waals surface area contributed by atoms with Gasteiger partial charge in [-0.15, -0.1) is 13.2 Å². The lowest BCUT2D eigenvalue weighted by Crippen LogP contribution is -2.17. The number of rotatable bonds is 2. The Hall–Kier alpha value is -1.59. The van der Waals surface area contributed by atoms with Crippen LogP contribution in [0.1, 0.15) is 0 Å². The summed E-state index contributed by atoms with van der Waals surface area (Å²) in [5.74, 6) is -0.363. The average Bonchev–Trinajstić information content (AvgIpc) is 2.28. The quantitative estimate of drug-likeness (QED) is 0.777. The molecule has 2 aromatic rings. The van der Waals surface area contributed by atoms with Crippen molar-refractivity contribution < 1.29 is 17.9 Å². The van der Waals surface area contributed by atoms with E-state index >= 15 is 0 Å². The van der Waals surface area contributed by atoms with Crippen LogP contribution in [0.15, 0.2) is 36.4 Å². The van der Waals surface area contributed by atoms with Gasteiger partial charge in [-0.2, -0.15) is 0 Å². The second kappa shape index (κ2) is 5.42. The van der Waals surface area contributed by atoms with Crippen LogP contribution < -0.4 is 10.5 Å².